The standard InChI is InChI=1S/C12H19N2O2/c1-2-16-12(15)8-4-3-6-10-14-11-7-5-9-13-14/h5,7,9,11H,2-4,6,8,10H2,1H3/q+1. The minimum atomic E-state index is -0.0898. The normalized spacial score (nSPS) is 10.1. The molecule has 0 bridgehead atoms. The second-order valence-electron chi connectivity index (χ2n) is 3.58. The predicted molar refractivity (Wildman–Crippen MR) is 59.5 cm³/mol. The number of esters is 1. The van der Waals surface area contributed by atoms with Gasteiger partial charge in [-0.3, -0.25) is 4.79 Å². The SMILES string of the molecule is CCOC(=O)CCCCC[n+]1ccccn1. The van der Waals surface area contributed by atoms with Crippen molar-refractivity contribution in [3.63, 3.8) is 0 Å². The fraction of sp³-hybridized carbons (Fsp3) is 0.583. The van der Waals surface area contributed by atoms with Crippen LogP contribution in [0.3, 0.4) is 0 Å². The Morgan fingerprint density at radius 2 is 2.19 bits per heavy atom. The van der Waals surface area contributed by atoms with Gasteiger partial charge in [-0.25, -0.2) is 0 Å². The van der Waals surface area contributed by atoms with Crippen LogP contribution >= 0.6 is 0 Å². The van der Waals surface area contributed by atoms with Gasteiger partial charge in [-0.05, 0) is 30.9 Å². The largest absolute Gasteiger partial charge is 0.466 e. The molecule has 0 unspecified atom stereocenters. The van der Waals surface area contributed by atoms with E-state index in [-0.39, 0.29) is 5.97 Å². The van der Waals surface area contributed by atoms with Crippen molar-refractivity contribution in [1.29, 1.82) is 0 Å². The average molecular weight is 223 g/mol. The molecule has 1 aromatic heterocycles. The third-order valence-corrected chi connectivity index (χ3v) is 2.24. The summed E-state index contributed by atoms with van der Waals surface area (Å²) >= 11 is 0. The van der Waals surface area contributed by atoms with E-state index in [1.54, 1.807) is 6.20 Å². The third kappa shape index (κ3) is 5.44. The van der Waals surface area contributed by atoms with E-state index in [2.05, 4.69) is 5.10 Å². The Labute approximate surface area is 96.2 Å². The molecule has 0 aliphatic heterocycles. The highest BCUT2D eigenvalue weighted by Gasteiger charge is 2.03. The quantitative estimate of drug-likeness (QED) is 0.399. The highest BCUT2D eigenvalue weighted by atomic mass is 16.5. The molecule has 1 rings (SSSR count). The van der Waals surface area contributed by atoms with Crippen molar-refractivity contribution >= 4 is 5.97 Å². The first kappa shape index (κ1) is 12.6. The second-order valence-corrected chi connectivity index (χ2v) is 3.58. The van der Waals surface area contributed by atoms with E-state index in [9.17, 15) is 4.79 Å². The number of nitrogens with zero attached hydrogens (tertiary/aromatic N) is 2. The monoisotopic (exact) mass is 223 g/mol. The van der Waals surface area contributed by atoms with Crippen LogP contribution in [0.5, 0.6) is 0 Å². The van der Waals surface area contributed by atoms with Crippen LogP contribution in [0.2, 0.25) is 0 Å². The zero-order valence-electron chi connectivity index (χ0n) is 9.76. The van der Waals surface area contributed by atoms with Gasteiger partial charge in [-0.2, -0.15) is 0 Å². The first-order valence-electron chi connectivity index (χ1n) is 5.79. The van der Waals surface area contributed by atoms with Gasteiger partial charge < -0.3 is 4.74 Å². The van der Waals surface area contributed by atoms with Crippen LogP contribution in [0, 0.1) is 0 Å². The Morgan fingerprint density at radius 1 is 1.31 bits per heavy atom. The molecule has 1 heterocycles. The highest BCUT2D eigenvalue weighted by Crippen LogP contribution is 2.01. The Bertz CT molecular complexity index is 301. The molecule has 0 saturated heterocycles. The van der Waals surface area contributed by atoms with Gasteiger partial charge in [0, 0.05) is 18.9 Å². The Hall–Kier alpha value is -1.45. The lowest BCUT2D eigenvalue weighted by Crippen LogP contribution is -2.36. The average Bonchev–Trinajstić information content (AvgIpc) is 2.30. The third-order valence-electron chi connectivity index (χ3n) is 2.24. The Morgan fingerprint density at radius 3 is 2.88 bits per heavy atom. The molecule has 0 aromatic carbocycles. The molecule has 1 aromatic rings. The van der Waals surface area contributed by atoms with Gasteiger partial charge >= 0.3 is 5.97 Å². The van der Waals surface area contributed by atoms with Gasteiger partial charge in [0.2, 0.25) is 0 Å². The van der Waals surface area contributed by atoms with Crippen molar-refractivity contribution in [3.8, 4) is 0 Å². The number of aryl methyl sites for hydroxylation is 1. The molecule has 0 aliphatic rings. The molecule has 16 heavy (non-hydrogen) atoms. The fourth-order valence-corrected chi connectivity index (χ4v) is 1.45. The molecule has 0 atom stereocenters. The van der Waals surface area contributed by atoms with Gasteiger partial charge in [0.25, 0.3) is 0 Å². The Kier molecular flexibility index (Phi) is 6.15. The van der Waals surface area contributed by atoms with Gasteiger partial charge in [0.1, 0.15) is 0 Å². The summed E-state index contributed by atoms with van der Waals surface area (Å²) in [7, 11) is 0. The van der Waals surface area contributed by atoms with Crippen molar-refractivity contribution in [2.45, 2.75) is 39.2 Å². The first-order valence-corrected chi connectivity index (χ1v) is 5.79. The number of aromatic nitrogens is 2. The van der Waals surface area contributed by atoms with Crippen molar-refractivity contribution in [2.24, 2.45) is 0 Å². The van der Waals surface area contributed by atoms with E-state index in [1.165, 1.54) is 0 Å². The lowest BCUT2D eigenvalue weighted by atomic mass is 10.2. The molecule has 0 N–H and O–H groups in total. The lowest BCUT2D eigenvalue weighted by Gasteiger charge is -2.00. The summed E-state index contributed by atoms with van der Waals surface area (Å²) in [6.45, 7) is 3.21. The molecular weight excluding hydrogens is 204 g/mol. The summed E-state index contributed by atoms with van der Waals surface area (Å²) in [6, 6.07) is 3.86. The van der Waals surface area contributed by atoms with Crippen molar-refractivity contribution in [3.05, 3.63) is 24.5 Å². The minimum absolute atomic E-state index is 0.0898. The van der Waals surface area contributed by atoms with Crippen LogP contribution in [0.15, 0.2) is 24.5 Å². The molecule has 0 aliphatic carbocycles. The second kappa shape index (κ2) is 7.79. The summed E-state index contributed by atoms with van der Waals surface area (Å²) in [5.74, 6) is -0.0898. The first-order chi connectivity index (χ1) is 7.83. The maximum absolute atomic E-state index is 11.0. The number of hydrogen-bond donors (Lipinski definition) is 0. The zero-order chi connectivity index (χ0) is 11.6. The van der Waals surface area contributed by atoms with Crippen molar-refractivity contribution in [1.82, 2.24) is 5.10 Å². The van der Waals surface area contributed by atoms with Crippen molar-refractivity contribution in [2.75, 3.05) is 6.61 Å². The maximum Gasteiger partial charge on any atom is 0.305 e. The van der Waals surface area contributed by atoms with E-state index in [0.29, 0.717) is 13.0 Å². The summed E-state index contributed by atoms with van der Waals surface area (Å²) in [5.41, 5.74) is 0. The summed E-state index contributed by atoms with van der Waals surface area (Å²) in [5, 5.41) is 4.17. The van der Waals surface area contributed by atoms with Crippen molar-refractivity contribution < 1.29 is 14.2 Å². The molecule has 4 nitrogen and oxygen atoms in total. The number of hydrogen-bond acceptors (Lipinski definition) is 3. The zero-order valence-corrected chi connectivity index (χ0v) is 9.76. The van der Waals surface area contributed by atoms with Crippen LogP contribution in [0.25, 0.3) is 0 Å². The molecule has 0 amide bonds. The van der Waals surface area contributed by atoms with E-state index in [0.717, 1.165) is 25.8 Å². The fourth-order valence-electron chi connectivity index (χ4n) is 1.45. The Balaban J connectivity index is 2.02. The molecule has 0 spiro atoms. The van der Waals surface area contributed by atoms with Crippen LogP contribution in [-0.2, 0) is 16.1 Å². The van der Waals surface area contributed by atoms with E-state index in [4.69, 9.17) is 4.74 Å². The summed E-state index contributed by atoms with van der Waals surface area (Å²) < 4.78 is 6.76. The van der Waals surface area contributed by atoms with E-state index < -0.39 is 0 Å². The van der Waals surface area contributed by atoms with E-state index >= 15 is 0 Å². The molecule has 0 fully saturated rings. The lowest BCUT2D eigenvalue weighted by molar-refractivity contribution is -0.754. The van der Waals surface area contributed by atoms with Crippen LogP contribution in [0.4, 0.5) is 0 Å². The molecule has 4 heteroatoms. The molecular formula is C12H19N2O2+. The number of carbonyl (C=O) groups is 1. The minimum Gasteiger partial charge on any atom is -0.466 e. The molecule has 0 saturated carbocycles. The number of carbonyl (C=O) groups excluding carboxylic acids is 1. The van der Waals surface area contributed by atoms with Gasteiger partial charge in [0.15, 0.2) is 12.7 Å². The predicted octanol–water partition coefficient (Wildman–Crippen LogP) is 1.49. The van der Waals surface area contributed by atoms with Crippen LogP contribution in [-0.4, -0.2) is 17.7 Å². The van der Waals surface area contributed by atoms with Crippen LogP contribution in [0.1, 0.15) is 32.6 Å². The smallest absolute Gasteiger partial charge is 0.305 e. The molecule has 0 radical (unpaired) electrons. The van der Waals surface area contributed by atoms with Gasteiger partial charge in [-0.1, -0.05) is 4.68 Å². The number of ether oxygens (including phenoxy) is 1. The number of rotatable bonds is 7. The van der Waals surface area contributed by atoms with Gasteiger partial charge in [-0.15, -0.1) is 0 Å². The summed E-state index contributed by atoms with van der Waals surface area (Å²) in [4.78, 5) is 11.0. The number of unbranched alkanes of at least 4 members (excludes halogenated alkanes) is 2. The van der Waals surface area contributed by atoms with Gasteiger partial charge in [0.05, 0.1) is 12.8 Å². The molecule has 88 valence electrons. The highest BCUT2D eigenvalue weighted by molar-refractivity contribution is 5.69. The van der Waals surface area contributed by atoms with Crippen LogP contribution < -0.4 is 4.68 Å². The summed E-state index contributed by atoms with van der Waals surface area (Å²) in [6.07, 6.45) is 7.22. The topological polar surface area (TPSA) is 43.1 Å². The van der Waals surface area contributed by atoms with E-state index in [1.807, 2.05) is 29.9 Å². The maximum atomic E-state index is 11.0.